The molecule has 0 unspecified atom stereocenters. The molecule has 0 aromatic carbocycles. The lowest BCUT2D eigenvalue weighted by Crippen LogP contribution is -2.33. The lowest BCUT2D eigenvalue weighted by atomic mass is 9.92. The van der Waals surface area contributed by atoms with E-state index in [1.54, 1.807) is 6.20 Å². The van der Waals surface area contributed by atoms with Gasteiger partial charge in [0.1, 0.15) is 5.52 Å². The molecule has 1 aliphatic heterocycles. The SMILES string of the molecule is CC(C)n1cnc2c(-c3cccnc3)nc(C3CCN(Cc4ccccn4)CC3)cc21.O=C(O)C(F)(F)F.O=C(O)C(F)(F)F.O=C(O)C(F)(F)F. The first-order valence-electron chi connectivity index (χ1n) is 14.8. The summed E-state index contributed by atoms with van der Waals surface area (Å²) in [5, 5.41) is 21.4. The van der Waals surface area contributed by atoms with Crippen LogP contribution >= 0.6 is 0 Å². The third-order valence-electron chi connectivity index (χ3n) is 6.92. The van der Waals surface area contributed by atoms with Crippen molar-refractivity contribution in [2.75, 3.05) is 13.1 Å². The van der Waals surface area contributed by atoms with E-state index in [0.717, 1.165) is 60.5 Å². The molecule has 1 fully saturated rings. The number of aliphatic carboxylic acids is 3. The number of halogens is 9. The molecule has 5 heterocycles. The minimum absolute atomic E-state index is 0.349. The van der Waals surface area contributed by atoms with Crippen molar-refractivity contribution in [3.63, 3.8) is 0 Å². The Labute approximate surface area is 288 Å². The van der Waals surface area contributed by atoms with Gasteiger partial charge in [-0.2, -0.15) is 39.5 Å². The highest BCUT2D eigenvalue weighted by atomic mass is 19.4. The lowest BCUT2D eigenvalue weighted by molar-refractivity contribution is -0.193. The first kappa shape index (κ1) is 42.8. The number of aromatic nitrogens is 5. The van der Waals surface area contributed by atoms with Crippen molar-refractivity contribution in [2.24, 2.45) is 0 Å². The van der Waals surface area contributed by atoms with E-state index in [9.17, 15) is 39.5 Å². The second kappa shape index (κ2) is 18.2. The van der Waals surface area contributed by atoms with Crippen LogP contribution < -0.4 is 0 Å². The first-order chi connectivity index (χ1) is 24.0. The van der Waals surface area contributed by atoms with Crippen LogP contribution in [-0.2, 0) is 20.9 Å². The molecule has 0 atom stereocenters. The minimum Gasteiger partial charge on any atom is -0.475 e. The number of rotatable bonds is 5. The Hall–Kier alpha value is -5.34. The molecule has 12 nitrogen and oxygen atoms in total. The van der Waals surface area contributed by atoms with Gasteiger partial charge in [-0.25, -0.2) is 19.4 Å². The van der Waals surface area contributed by atoms with Gasteiger partial charge in [-0.1, -0.05) is 6.07 Å². The standard InChI is InChI=1S/C25H28N6.3C2HF3O2/c1-18(2)31-17-28-25-23(31)14-22(29-24(25)20-6-5-10-26-15-20)19-8-12-30(13-9-19)16-21-7-3-4-11-27-21;3*3-2(4,5)1(6)7/h3-7,10-11,14-15,17-19H,8-9,12-13,16H2,1-2H3;3*(H,6,7). The molecule has 0 aliphatic carbocycles. The molecule has 0 bridgehead atoms. The highest BCUT2D eigenvalue weighted by Crippen LogP contribution is 2.34. The third-order valence-corrected chi connectivity index (χ3v) is 6.92. The number of piperidine rings is 1. The summed E-state index contributed by atoms with van der Waals surface area (Å²) in [6, 6.07) is 12.8. The topological polar surface area (TPSA) is 172 Å². The number of hydrogen-bond acceptors (Lipinski definition) is 8. The fraction of sp³-hybridized carbons (Fsp3) is 0.387. The quantitative estimate of drug-likeness (QED) is 0.184. The number of imidazole rings is 1. The summed E-state index contributed by atoms with van der Waals surface area (Å²) in [7, 11) is 0. The molecule has 52 heavy (non-hydrogen) atoms. The van der Waals surface area contributed by atoms with Crippen molar-refractivity contribution < 1.29 is 69.2 Å². The maximum atomic E-state index is 10.6. The maximum Gasteiger partial charge on any atom is 0.490 e. The summed E-state index contributed by atoms with van der Waals surface area (Å²) in [6.45, 7) is 7.43. The van der Waals surface area contributed by atoms with Crippen molar-refractivity contribution in [1.82, 2.24) is 29.4 Å². The van der Waals surface area contributed by atoms with Gasteiger partial charge >= 0.3 is 36.4 Å². The fourth-order valence-corrected chi connectivity index (χ4v) is 4.48. The molecule has 4 aromatic rings. The first-order valence-corrected chi connectivity index (χ1v) is 14.8. The summed E-state index contributed by atoms with van der Waals surface area (Å²) >= 11 is 0. The zero-order valence-corrected chi connectivity index (χ0v) is 27.1. The third kappa shape index (κ3) is 13.4. The van der Waals surface area contributed by atoms with Crippen LogP contribution in [0.25, 0.3) is 22.3 Å². The number of carbonyl (C=O) groups is 3. The Morgan fingerprint density at radius 1 is 0.808 bits per heavy atom. The average molecular weight is 755 g/mol. The van der Waals surface area contributed by atoms with E-state index >= 15 is 0 Å². The van der Waals surface area contributed by atoms with Crippen molar-refractivity contribution in [3.05, 3.63) is 72.7 Å². The largest absolute Gasteiger partial charge is 0.490 e. The fourth-order valence-electron chi connectivity index (χ4n) is 4.48. The molecule has 0 amide bonds. The zero-order chi connectivity index (χ0) is 39.4. The van der Waals surface area contributed by atoms with E-state index in [-0.39, 0.29) is 0 Å². The number of nitrogens with zero attached hydrogens (tertiary/aromatic N) is 6. The van der Waals surface area contributed by atoms with Crippen molar-refractivity contribution in [1.29, 1.82) is 0 Å². The van der Waals surface area contributed by atoms with Crippen LogP contribution in [0.4, 0.5) is 39.5 Å². The second-order valence-corrected chi connectivity index (χ2v) is 11.0. The number of likely N-dealkylation sites (tertiary alicyclic amines) is 1. The Morgan fingerprint density at radius 2 is 1.35 bits per heavy atom. The number of alkyl halides is 9. The van der Waals surface area contributed by atoms with Gasteiger partial charge in [0.15, 0.2) is 0 Å². The number of hydrogen-bond donors (Lipinski definition) is 3. The normalized spacial score (nSPS) is 13.9. The predicted molar refractivity (Wildman–Crippen MR) is 164 cm³/mol. The molecule has 1 aliphatic rings. The van der Waals surface area contributed by atoms with Crippen molar-refractivity contribution >= 4 is 28.9 Å². The highest BCUT2D eigenvalue weighted by Gasteiger charge is 2.39. The summed E-state index contributed by atoms with van der Waals surface area (Å²) in [4.78, 5) is 47.8. The molecular formula is C31H31F9N6O6. The number of carboxylic acids is 3. The van der Waals surface area contributed by atoms with Gasteiger partial charge in [0, 0.05) is 48.4 Å². The molecule has 0 saturated carbocycles. The average Bonchev–Trinajstić information content (AvgIpc) is 3.50. The van der Waals surface area contributed by atoms with Gasteiger partial charge in [0.05, 0.1) is 23.2 Å². The van der Waals surface area contributed by atoms with Crippen LogP contribution in [0.5, 0.6) is 0 Å². The van der Waals surface area contributed by atoms with E-state index in [4.69, 9.17) is 39.7 Å². The van der Waals surface area contributed by atoms with Crippen LogP contribution in [0, 0.1) is 0 Å². The van der Waals surface area contributed by atoms with Gasteiger partial charge < -0.3 is 19.9 Å². The van der Waals surface area contributed by atoms with Crippen LogP contribution in [-0.4, -0.2) is 94.2 Å². The molecule has 0 spiro atoms. The van der Waals surface area contributed by atoms with Crippen LogP contribution in [0.1, 0.15) is 50.0 Å². The summed E-state index contributed by atoms with van der Waals surface area (Å²) in [5.41, 5.74) is 6.39. The van der Waals surface area contributed by atoms with E-state index < -0.39 is 36.4 Å². The van der Waals surface area contributed by atoms with Gasteiger partial charge in [-0.3, -0.25) is 19.9 Å². The molecule has 21 heteroatoms. The summed E-state index contributed by atoms with van der Waals surface area (Å²) < 4.78 is 97.5. The van der Waals surface area contributed by atoms with Crippen LogP contribution in [0.15, 0.2) is 61.3 Å². The molecule has 3 N–H and O–H groups in total. The van der Waals surface area contributed by atoms with Crippen molar-refractivity contribution in [3.8, 4) is 11.3 Å². The number of carboxylic acid groups (broad SMARTS) is 3. The molecule has 4 aromatic heterocycles. The lowest BCUT2D eigenvalue weighted by Gasteiger charge is -2.31. The smallest absolute Gasteiger partial charge is 0.475 e. The van der Waals surface area contributed by atoms with E-state index in [1.165, 1.54) is 5.69 Å². The molecule has 0 radical (unpaired) electrons. The zero-order valence-electron chi connectivity index (χ0n) is 27.1. The van der Waals surface area contributed by atoms with E-state index in [0.29, 0.717) is 12.0 Å². The van der Waals surface area contributed by atoms with E-state index in [2.05, 4.69) is 57.5 Å². The second-order valence-electron chi connectivity index (χ2n) is 11.0. The highest BCUT2D eigenvalue weighted by molar-refractivity contribution is 5.90. The van der Waals surface area contributed by atoms with Crippen molar-refractivity contribution in [2.45, 2.75) is 63.7 Å². The Bertz CT molecular complexity index is 1700. The van der Waals surface area contributed by atoms with Gasteiger partial charge in [-0.05, 0) is 70.1 Å². The molecule has 5 rings (SSSR count). The summed E-state index contributed by atoms with van der Waals surface area (Å²) in [6.07, 6.45) is -5.54. The summed E-state index contributed by atoms with van der Waals surface area (Å²) in [5.74, 6) is -7.82. The van der Waals surface area contributed by atoms with E-state index in [1.807, 2.05) is 30.9 Å². The predicted octanol–water partition coefficient (Wildman–Crippen LogP) is 6.75. The van der Waals surface area contributed by atoms with Crippen LogP contribution in [0.3, 0.4) is 0 Å². The van der Waals surface area contributed by atoms with Gasteiger partial charge in [-0.15, -0.1) is 0 Å². The number of fused-ring (bicyclic) bond motifs is 1. The maximum absolute atomic E-state index is 10.6. The minimum atomic E-state index is -5.08. The Morgan fingerprint density at radius 3 is 1.77 bits per heavy atom. The van der Waals surface area contributed by atoms with Gasteiger partial charge in [0.2, 0.25) is 0 Å². The Balaban J connectivity index is 0.000000365. The Kier molecular flexibility index (Phi) is 15.0. The van der Waals surface area contributed by atoms with Crippen LogP contribution in [0.2, 0.25) is 0 Å². The number of pyridine rings is 3. The van der Waals surface area contributed by atoms with Gasteiger partial charge in [0.25, 0.3) is 0 Å². The molecular weight excluding hydrogens is 723 g/mol. The monoisotopic (exact) mass is 754 g/mol. The molecule has 284 valence electrons. The molecule has 1 saturated heterocycles.